The second-order valence-electron chi connectivity index (χ2n) is 3.75. The second-order valence-corrected chi connectivity index (χ2v) is 3.75. The van der Waals surface area contributed by atoms with Crippen molar-refractivity contribution >= 4 is 5.95 Å². The Bertz CT molecular complexity index is 275. The summed E-state index contributed by atoms with van der Waals surface area (Å²) in [5.41, 5.74) is 5.70. The van der Waals surface area contributed by atoms with Gasteiger partial charge in [-0.05, 0) is 31.4 Å². The lowest BCUT2D eigenvalue weighted by molar-refractivity contribution is 0.514. The summed E-state index contributed by atoms with van der Waals surface area (Å²) < 4.78 is 0. The van der Waals surface area contributed by atoms with Crippen molar-refractivity contribution in [2.75, 3.05) is 11.9 Å². The quantitative estimate of drug-likeness (QED) is 0.750. The first-order valence-corrected chi connectivity index (χ1v) is 5.14. The Labute approximate surface area is 83.9 Å². The summed E-state index contributed by atoms with van der Waals surface area (Å²) >= 11 is 0. The van der Waals surface area contributed by atoms with Gasteiger partial charge in [-0.2, -0.15) is 0 Å². The standard InChI is InChI=1S/C10H16N4/c11-7-8-3-1-4-9(8)14-10-12-5-2-6-13-10/h2,5-6,8-9H,1,3-4,7,11H2,(H,12,13,14). The zero-order chi connectivity index (χ0) is 9.80. The summed E-state index contributed by atoms with van der Waals surface area (Å²) in [5, 5.41) is 3.34. The number of anilines is 1. The van der Waals surface area contributed by atoms with Crippen molar-refractivity contribution in [2.24, 2.45) is 11.7 Å². The highest BCUT2D eigenvalue weighted by Crippen LogP contribution is 2.26. The summed E-state index contributed by atoms with van der Waals surface area (Å²) in [4.78, 5) is 8.30. The van der Waals surface area contributed by atoms with Gasteiger partial charge in [-0.15, -0.1) is 0 Å². The Kier molecular flexibility index (Phi) is 2.93. The molecular formula is C10H16N4. The van der Waals surface area contributed by atoms with Crippen LogP contribution < -0.4 is 11.1 Å². The van der Waals surface area contributed by atoms with Crippen molar-refractivity contribution in [1.82, 2.24) is 9.97 Å². The molecule has 76 valence electrons. The first-order chi connectivity index (χ1) is 6.90. The van der Waals surface area contributed by atoms with Crippen molar-refractivity contribution in [2.45, 2.75) is 25.3 Å². The summed E-state index contributed by atoms with van der Waals surface area (Å²) in [5.74, 6) is 1.30. The number of nitrogens with one attached hydrogen (secondary N) is 1. The maximum Gasteiger partial charge on any atom is 0.222 e. The average molecular weight is 192 g/mol. The van der Waals surface area contributed by atoms with Gasteiger partial charge in [0.1, 0.15) is 0 Å². The van der Waals surface area contributed by atoms with E-state index >= 15 is 0 Å². The Morgan fingerprint density at radius 3 is 2.86 bits per heavy atom. The van der Waals surface area contributed by atoms with Gasteiger partial charge in [0.15, 0.2) is 0 Å². The van der Waals surface area contributed by atoms with E-state index in [0.29, 0.717) is 12.0 Å². The van der Waals surface area contributed by atoms with Crippen LogP contribution in [0.2, 0.25) is 0 Å². The number of nitrogens with two attached hydrogens (primary N) is 1. The van der Waals surface area contributed by atoms with Gasteiger partial charge in [0.25, 0.3) is 0 Å². The van der Waals surface area contributed by atoms with Crippen molar-refractivity contribution in [3.8, 4) is 0 Å². The van der Waals surface area contributed by atoms with E-state index in [1.54, 1.807) is 12.4 Å². The van der Waals surface area contributed by atoms with Crippen molar-refractivity contribution in [1.29, 1.82) is 0 Å². The van der Waals surface area contributed by atoms with Gasteiger partial charge in [-0.3, -0.25) is 0 Å². The van der Waals surface area contributed by atoms with Crippen LogP contribution in [0.3, 0.4) is 0 Å². The first kappa shape index (κ1) is 9.40. The number of hydrogen-bond donors (Lipinski definition) is 2. The van der Waals surface area contributed by atoms with Crippen LogP contribution >= 0.6 is 0 Å². The third kappa shape index (κ3) is 2.01. The number of aromatic nitrogens is 2. The summed E-state index contributed by atoms with van der Waals surface area (Å²) in [6, 6.07) is 2.28. The zero-order valence-electron chi connectivity index (χ0n) is 8.19. The summed E-state index contributed by atoms with van der Waals surface area (Å²) in [6.45, 7) is 0.754. The molecule has 2 unspecified atom stereocenters. The van der Waals surface area contributed by atoms with Crippen molar-refractivity contribution in [3.05, 3.63) is 18.5 Å². The molecule has 1 aromatic rings. The van der Waals surface area contributed by atoms with E-state index in [0.717, 1.165) is 12.5 Å². The first-order valence-electron chi connectivity index (χ1n) is 5.14. The average Bonchev–Trinajstić information content (AvgIpc) is 2.67. The molecule has 1 aliphatic carbocycles. The Morgan fingerprint density at radius 1 is 1.36 bits per heavy atom. The fraction of sp³-hybridized carbons (Fsp3) is 0.600. The van der Waals surface area contributed by atoms with E-state index in [9.17, 15) is 0 Å². The van der Waals surface area contributed by atoms with E-state index in [4.69, 9.17) is 5.73 Å². The molecule has 1 aliphatic rings. The van der Waals surface area contributed by atoms with Crippen LogP contribution in [0.5, 0.6) is 0 Å². The molecule has 4 nitrogen and oxygen atoms in total. The zero-order valence-corrected chi connectivity index (χ0v) is 8.19. The van der Waals surface area contributed by atoms with Crippen LogP contribution in [0.1, 0.15) is 19.3 Å². The molecule has 0 aromatic carbocycles. The summed E-state index contributed by atoms with van der Waals surface area (Å²) in [6.07, 6.45) is 7.16. The molecule has 1 saturated carbocycles. The smallest absolute Gasteiger partial charge is 0.222 e. The Balaban J connectivity index is 1.97. The van der Waals surface area contributed by atoms with Gasteiger partial charge in [0, 0.05) is 18.4 Å². The SMILES string of the molecule is NCC1CCCC1Nc1ncccn1. The van der Waals surface area contributed by atoms with Crippen LogP contribution in [0.4, 0.5) is 5.95 Å². The number of nitrogens with zero attached hydrogens (tertiary/aromatic N) is 2. The van der Waals surface area contributed by atoms with Crippen LogP contribution in [0.25, 0.3) is 0 Å². The van der Waals surface area contributed by atoms with Gasteiger partial charge in [0.05, 0.1) is 0 Å². The highest BCUT2D eigenvalue weighted by Gasteiger charge is 2.26. The van der Waals surface area contributed by atoms with E-state index < -0.39 is 0 Å². The molecule has 4 heteroatoms. The molecule has 0 bridgehead atoms. The second kappa shape index (κ2) is 4.37. The third-order valence-electron chi connectivity index (χ3n) is 2.84. The lowest BCUT2D eigenvalue weighted by Gasteiger charge is -2.18. The molecular weight excluding hydrogens is 176 g/mol. The molecule has 1 heterocycles. The number of rotatable bonds is 3. The maximum absolute atomic E-state index is 5.70. The minimum Gasteiger partial charge on any atom is -0.351 e. The van der Waals surface area contributed by atoms with Gasteiger partial charge < -0.3 is 11.1 Å². The van der Waals surface area contributed by atoms with E-state index in [1.807, 2.05) is 6.07 Å². The van der Waals surface area contributed by atoms with Crippen LogP contribution in [0.15, 0.2) is 18.5 Å². The van der Waals surface area contributed by atoms with Gasteiger partial charge in [-0.1, -0.05) is 6.42 Å². The molecule has 3 N–H and O–H groups in total. The molecule has 0 radical (unpaired) electrons. The van der Waals surface area contributed by atoms with Gasteiger partial charge in [0.2, 0.25) is 5.95 Å². The lowest BCUT2D eigenvalue weighted by atomic mass is 10.0. The Morgan fingerprint density at radius 2 is 2.14 bits per heavy atom. The number of hydrogen-bond acceptors (Lipinski definition) is 4. The topological polar surface area (TPSA) is 63.8 Å². The lowest BCUT2D eigenvalue weighted by Crippen LogP contribution is -2.30. The Hall–Kier alpha value is -1.16. The monoisotopic (exact) mass is 192 g/mol. The molecule has 14 heavy (non-hydrogen) atoms. The molecule has 1 fully saturated rings. The molecule has 0 spiro atoms. The third-order valence-corrected chi connectivity index (χ3v) is 2.84. The molecule has 1 aromatic heterocycles. The summed E-state index contributed by atoms with van der Waals surface area (Å²) in [7, 11) is 0. The van der Waals surface area contributed by atoms with Gasteiger partial charge in [-0.25, -0.2) is 9.97 Å². The van der Waals surface area contributed by atoms with E-state index in [1.165, 1.54) is 19.3 Å². The van der Waals surface area contributed by atoms with Crippen molar-refractivity contribution < 1.29 is 0 Å². The highest BCUT2D eigenvalue weighted by molar-refractivity contribution is 5.25. The van der Waals surface area contributed by atoms with Crippen molar-refractivity contribution in [3.63, 3.8) is 0 Å². The van der Waals surface area contributed by atoms with Gasteiger partial charge >= 0.3 is 0 Å². The highest BCUT2D eigenvalue weighted by atomic mass is 15.1. The van der Waals surface area contributed by atoms with Crippen LogP contribution in [-0.2, 0) is 0 Å². The molecule has 0 saturated heterocycles. The molecule has 2 rings (SSSR count). The van der Waals surface area contributed by atoms with Crippen LogP contribution in [-0.4, -0.2) is 22.6 Å². The fourth-order valence-corrected chi connectivity index (χ4v) is 2.05. The minimum absolute atomic E-state index is 0.461. The normalized spacial score (nSPS) is 26.4. The maximum atomic E-state index is 5.70. The van der Waals surface area contributed by atoms with E-state index in [-0.39, 0.29) is 0 Å². The molecule has 0 amide bonds. The van der Waals surface area contributed by atoms with Crippen LogP contribution in [0, 0.1) is 5.92 Å². The molecule has 0 aliphatic heterocycles. The minimum atomic E-state index is 0.461. The largest absolute Gasteiger partial charge is 0.351 e. The van der Waals surface area contributed by atoms with E-state index in [2.05, 4.69) is 15.3 Å². The molecule has 2 atom stereocenters. The predicted molar refractivity (Wildman–Crippen MR) is 55.8 cm³/mol. The fourth-order valence-electron chi connectivity index (χ4n) is 2.05. The predicted octanol–water partition coefficient (Wildman–Crippen LogP) is 1.02.